The molecule has 0 heterocycles. The van der Waals surface area contributed by atoms with E-state index in [1.165, 1.54) is 36.8 Å². The molecule has 0 saturated carbocycles. The lowest BCUT2D eigenvalue weighted by Gasteiger charge is -2.07. The van der Waals surface area contributed by atoms with Gasteiger partial charge in [-0.1, -0.05) is 43.2 Å². The Balaban J connectivity index is 2.43. The average Bonchev–Trinajstić information content (AvgIpc) is 2.09. The van der Waals surface area contributed by atoms with Crippen LogP contribution in [0.2, 0.25) is 0 Å². The van der Waals surface area contributed by atoms with Crippen molar-refractivity contribution in [3.8, 4) is 0 Å². The standard InChI is InChI=1S/C12H18/c1-3-4-5-6-12-9-7-11(2)8-10-12/h5-7,9H,3-4,8,10H2,1-2H3/b6-5-. The molecular weight excluding hydrogens is 144 g/mol. The first-order chi connectivity index (χ1) is 5.83. The van der Waals surface area contributed by atoms with Crippen LogP contribution in [0.25, 0.3) is 0 Å². The third kappa shape index (κ3) is 3.08. The SMILES string of the molecule is CCC/C=C\C1=CC=C(C)CC1. The minimum Gasteiger partial charge on any atom is -0.0843 e. The van der Waals surface area contributed by atoms with Gasteiger partial charge >= 0.3 is 0 Å². The van der Waals surface area contributed by atoms with Crippen molar-refractivity contribution in [3.63, 3.8) is 0 Å². The Labute approximate surface area is 75.7 Å². The highest BCUT2D eigenvalue weighted by Crippen LogP contribution is 2.18. The first-order valence-electron chi connectivity index (χ1n) is 4.86. The fourth-order valence-corrected chi connectivity index (χ4v) is 1.30. The van der Waals surface area contributed by atoms with Gasteiger partial charge in [-0.25, -0.2) is 0 Å². The van der Waals surface area contributed by atoms with Crippen molar-refractivity contribution < 1.29 is 0 Å². The molecule has 1 aliphatic rings. The zero-order chi connectivity index (χ0) is 8.81. The van der Waals surface area contributed by atoms with Crippen molar-refractivity contribution in [2.45, 2.75) is 39.5 Å². The molecule has 0 aromatic rings. The predicted octanol–water partition coefficient (Wildman–Crippen LogP) is 4.01. The normalized spacial score (nSPS) is 17.8. The van der Waals surface area contributed by atoms with Crippen LogP contribution in [0.15, 0.2) is 35.5 Å². The van der Waals surface area contributed by atoms with E-state index in [0.717, 1.165) is 0 Å². The molecule has 0 atom stereocenters. The van der Waals surface area contributed by atoms with Gasteiger partial charge in [-0.3, -0.25) is 0 Å². The van der Waals surface area contributed by atoms with E-state index in [9.17, 15) is 0 Å². The average molecular weight is 162 g/mol. The molecule has 0 aromatic heterocycles. The van der Waals surface area contributed by atoms with E-state index in [1.54, 1.807) is 0 Å². The summed E-state index contributed by atoms with van der Waals surface area (Å²) in [6, 6.07) is 0. The number of rotatable bonds is 3. The molecule has 0 bridgehead atoms. The van der Waals surface area contributed by atoms with Gasteiger partial charge < -0.3 is 0 Å². The summed E-state index contributed by atoms with van der Waals surface area (Å²) >= 11 is 0. The lowest BCUT2D eigenvalue weighted by molar-refractivity contribution is 0.918. The summed E-state index contributed by atoms with van der Waals surface area (Å²) in [6.07, 6.45) is 13.9. The third-order valence-electron chi connectivity index (χ3n) is 2.18. The quantitative estimate of drug-likeness (QED) is 0.588. The lowest BCUT2D eigenvalue weighted by Crippen LogP contribution is -1.87. The smallest absolute Gasteiger partial charge is 0.0242 e. The molecule has 0 spiro atoms. The number of hydrogen-bond acceptors (Lipinski definition) is 0. The molecule has 1 aliphatic carbocycles. The second-order valence-corrected chi connectivity index (χ2v) is 3.45. The van der Waals surface area contributed by atoms with Crippen molar-refractivity contribution in [3.05, 3.63) is 35.5 Å². The molecule has 0 aliphatic heterocycles. The first-order valence-corrected chi connectivity index (χ1v) is 4.86. The molecule has 0 nitrogen and oxygen atoms in total. The summed E-state index contributed by atoms with van der Waals surface area (Å²) < 4.78 is 0. The van der Waals surface area contributed by atoms with E-state index in [4.69, 9.17) is 0 Å². The van der Waals surface area contributed by atoms with Crippen LogP contribution in [0.4, 0.5) is 0 Å². The maximum Gasteiger partial charge on any atom is -0.0242 e. The first kappa shape index (κ1) is 9.31. The molecule has 12 heavy (non-hydrogen) atoms. The van der Waals surface area contributed by atoms with E-state index >= 15 is 0 Å². The van der Waals surface area contributed by atoms with Crippen molar-refractivity contribution in [2.24, 2.45) is 0 Å². The Hall–Kier alpha value is -0.780. The second kappa shape index (κ2) is 4.97. The fourth-order valence-electron chi connectivity index (χ4n) is 1.30. The van der Waals surface area contributed by atoms with Gasteiger partial charge in [0.25, 0.3) is 0 Å². The van der Waals surface area contributed by atoms with Crippen LogP contribution in [0.1, 0.15) is 39.5 Å². The van der Waals surface area contributed by atoms with Crippen LogP contribution in [-0.2, 0) is 0 Å². The zero-order valence-electron chi connectivity index (χ0n) is 8.14. The van der Waals surface area contributed by atoms with Gasteiger partial charge in [0.2, 0.25) is 0 Å². The van der Waals surface area contributed by atoms with Gasteiger partial charge in [0.05, 0.1) is 0 Å². The lowest BCUT2D eigenvalue weighted by atomic mass is 9.99. The van der Waals surface area contributed by atoms with Crippen molar-refractivity contribution in [1.82, 2.24) is 0 Å². The Morgan fingerprint density at radius 2 is 2.17 bits per heavy atom. The molecule has 1 rings (SSSR count). The molecular formula is C12H18. The molecule has 0 saturated heterocycles. The summed E-state index contributed by atoms with van der Waals surface area (Å²) in [5, 5.41) is 0. The van der Waals surface area contributed by atoms with Gasteiger partial charge in [-0.2, -0.15) is 0 Å². The Morgan fingerprint density at radius 3 is 2.75 bits per heavy atom. The van der Waals surface area contributed by atoms with Crippen molar-refractivity contribution in [2.75, 3.05) is 0 Å². The Bertz CT molecular complexity index is 216. The molecule has 0 heteroatoms. The van der Waals surface area contributed by atoms with E-state index in [2.05, 4.69) is 38.2 Å². The van der Waals surface area contributed by atoms with Crippen LogP contribution >= 0.6 is 0 Å². The highest BCUT2D eigenvalue weighted by Gasteiger charge is 1.98. The van der Waals surface area contributed by atoms with E-state index in [0.29, 0.717) is 0 Å². The summed E-state index contributed by atoms with van der Waals surface area (Å²) in [4.78, 5) is 0. The number of hydrogen-bond donors (Lipinski definition) is 0. The van der Waals surface area contributed by atoms with E-state index < -0.39 is 0 Å². The van der Waals surface area contributed by atoms with Crippen LogP contribution < -0.4 is 0 Å². The monoisotopic (exact) mass is 162 g/mol. The van der Waals surface area contributed by atoms with Gasteiger partial charge in [0, 0.05) is 0 Å². The maximum atomic E-state index is 2.28. The van der Waals surface area contributed by atoms with Crippen LogP contribution in [0.5, 0.6) is 0 Å². The highest BCUT2D eigenvalue weighted by atomic mass is 14.0. The van der Waals surface area contributed by atoms with Crippen molar-refractivity contribution in [1.29, 1.82) is 0 Å². The predicted molar refractivity (Wildman–Crippen MR) is 55.1 cm³/mol. The van der Waals surface area contributed by atoms with Gasteiger partial charge in [-0.15, -0.1) is 0 Å². The molecule has 0 radical (unpaired) electrons. The molecule has 0 fully saturated rings. The van der Waals surface area contributed by atoms with Gasteiger partial charge in [0.1, 0.15) is 0 Å². The van der Waals surface area contributed by atoms with Gasteiger partial charge in [-0.05, 0) is 31.8 Å². The second-order valence-electron chi connectivity index (χ2n) is 3.45. The fraction of sp³-hybridized carbons (Fsp3) is 0.500. The molecule has 66 valence electrons. The minimum atomic E-state index is 1.21. The van der Waals surface area contributed by atoms with Gasteiger partial charge in [0.15, 0.2) is 0 Å². The van der Waals surface area contributed by atoms with Crippen LogP contribution in [0.3, 0.4) is 0 Å². The van der Waals surface area contributed by atoms with E-state index in [1.807, 2.05) is 0 Å². The minimum absolute atomic E-state index is 1.21. The van der Waals surface area contributed by atoms with E-state index in [-0.39, 0.29) is 0 Å². The summed E-state index contributed by atoms with van der Waals surface area (Å²) in [5.74, 6) is 0. The maximum absolute atomic E-state index is 2.28. The molecule has 0 unspecified atom stereocenters. The summed E-state index contributed by atoms with van der Waals surface area (Å²) in [6.45, 7) is 4.41. The molecule has 0 aromatic carbocycles. The van der Waals surface area contributed by atoms with Crippen LogP contribution in [-0.4, -0.2) is 0 Å². The Morgan fingerprint density at radius 1 is 1.33 bits per heavy atom. The molecule has 0 amide bonds. The largest absolute Gasteiger partial charge is 0.0843 e. The van der Waals surface area contributed by atoms with Crippen LogP contribution in [0, 0.1) is 0 Å². The van der Waals surface area contributed by atoms with Crippen molar-refractivity contribution >= 4 is 0 Å². The highest BCUT2D eigenvalue weighted by molar-refractivity contribution is 5.30. The number of unbranched alkanes of at least 4 members (excludes halogenated alkanes) is 1. The topological polar surface area (TPSA) is 0 Å². The zero-order valence-corrected chi connectivity index (χ0v) is 8.14. The summed E-state index contributed by atoms with van der Waals surface area (Å²) in [7, 11) is 0. The summed E-state index contributed by atoms with van der Waals surface area (Å²) in [5.41, 5.74) is 2.98. The molecule has 0 N–H and O–H groups in total. The number of allylic oxidation sites excluding steroid dienone is 6. The Kier molecular flexibility index (Phi) is 3.86. The third-order valence-corrected chi connectivity index (χ3v) is 2.18.